The van der Waals surface area contributed by atoms with Crippen molar-refractivity contribution in [1.82, 2.24) is 15.0 Å². The van der Waals surface area contributed by atoms with Crippen molar-refractivity contribution < 1.29 is 9.53 Å². The van der Waals surface area contributed by atoms with Crippen molar-refractivity contribution in [3.05, 3.63) is 71.7 Å². The molecule has 138 valence electrons. The maximum atomic E-state index is 12.1. The number of esters is 1. The van der Waals surface area contributed by atoms with Gasteiger partial charge in [-0.25, -0.2) is 9.78 Å². The molecule has 0 amide bonds. The zero-order valence-electron chi connectivity index (χ0n) is 15.3. The third kappa shape index (κ3) is 5.01. The molecule has 1 aromatic carbocycles. The van der Waals surface area contributed by atoms with E-state index in [0.29, 0.717) is 36.2 Å². The van der Waals surface area contributed by atoms with Gasteiger partial charge in [0.25, 0.3) is 0 Å². The number of ether oxygens (including phenoxy) is 1. The lowest BCUT2D eigenvalue weighted by atomic mass is 10.2. The van der Waals surface area contributed by atoms with Crippen molar-refractivity contribution in [2.45, 2.75) is 20.4 Å². The average Bonchev–Trinajstić information content (AvgIpc) is 2.67. The molecule has 2 aromatic heterocycles. The molecule has 27 heavy (non-hydrogen) atoms. The second kappa shape index (κ2) is 8.75. The number of nitrogens with one attached hydrogen (secondary N) is 2. The first-order valence-corrected chi connectivity index (χ1v) is 8.68. The largest absolute Gasteiger partial charge is 0.462 e. The number of anilines is 3. The molecule has 0 aliphatic carbocycles. The average molecular weight is 363 g/mol. The SMILES string of the molecule is CCOC(=O)c1ccccc1Nc1nc(C)cc(NCc2ccccn2)n1. The summed E-state index contributed by atoms with van der Waals surface area (Å²) in [5, 5.41) is 6.35. The Bertz CT molecular complexity index is 915. The molecule has 0 spiro atoms. The highest BCUT2D eigenvalue weighted by molar-refractivity contribution is 5.96. The van der Waals surface area contributed by atoms with E-state index < -0.39 is 0 Å². The normalized spacial score (nSPS) is 10.3. The molecule has 0 saturated heterocycles. The summed E-state index contributed by atoms with van der Waals surface area (Å²) in [4.78, 5) is 25.3. The minimum absolute atomic E-state index is 0.315. The third-order valence-electron chi connectivity index (χ3n) is 3.70. The number of hydrogen-bond donors (Lipinski definition) is 2. The lowest BCUT2D eigenvalue weighted by Gasteiger charge is -2.12. The summed E-state index contributed by atoms with van der Waals surface area (Å²) in [5.74, 6) is 0.682. The van der Waals surface area contributed by atoms with Gasteiger partial charge in [-0.1, -0.05) is 18.2 Å². The number of rotatable bonds is 7. The van der Waals surface area contributed by atoms with Crippen LogP contribution < -0.4 is 10.6 Å². The second-order valence-electron chi connectivity index (χ2n) is 5.78. The van der Waals surface area contributed by atoms with Crippen molar-refractivity contribution in [3.63, 3.8) is 0 Å². The van der Waals surface area contributed by atoms with E-state index in [2.05, 4.69) is 25.6 Å². The second-order valence-corrected chi connectivity index (χ2v) is 5.78. The Hall–Kier alpha value is -3.48. The van der Waals surface area contributed by atoms with Crippen molar-refractivity contribution in [3.8, 4) is 0 Å². The Morgan fingerprint density at radius 2 is 1.93 bits per heavy atom. The third-order valence-corrected chi connectivity index (χ3v) is 3.70. The Labute approximate surface area is 157 Å². The summed E-state index contributed by atoms with van der Waals surface area (Å²) >= 11 is 0. The summed E-state index contributed by atoms with van der Waals surface area (Å²) in [6.45, 7) is 4.53. The van der Waals surface area contributed by atoms with Gasteiger partial charge in [-0.05, 0) is 38.1 Å². The van der Waals surface area contributed by atoms with Crippen LogP contribution in [0.3, 0.4) is 0 Å². The van der Waals surface area contributed by atoms with E-state index in [1.807, 2.05) is 37.3 Å². The van der Waals surface area contributed by atoms with Crippen LogP contribution in [0.4, 0.5) is 17.5 Å². The maximum Gasteiger partial charge on any atom is 0.340 e. The van der Waals surface area contributed by atoms with E-state index in [9.17, 15) is 4.79 Å². The van der Waals surface area contributed by atoms with Gasteiger partial charge in [-0.2, -0.15) is 4.98 Å². The maximum absolute atomic E-state index is 12.1. The van der Waals surface area contributed by atoms with Gasteiger partial charge in [0.2, 0.25) is 5.95 Å². The van der Waals surface area contributed by atoms with Crippen molar-refractivity contribution in [2.24, 2.45) is 0 Å². The van der Waals surface area contributed by atoms with E-state index >= 15 is 0 Å². The van der Waals surface area contributed by atoms with Crippen molar-refractivity contribution in [2.75, 3.05) is 17.2 Å². The van der Waals surface area contributed by atoms with Crippen molar-refractivity contribution >= 4 is 23.4 Å². The molecule has 7 heteroatoms. The van der Waals surface area contributed by atoms with E-state index in [0.717, 1.165) is 11.4 Å². The fourth-order valence-electron chi connectivity index (χ4n) is 2.50. The first-order chi connectivity index (χ1) is 13.2. The van der Waals surface area contributed by atoms with Gasteiger partial charge in [-0.3, -0.25) is 4.98 Å². The van der Waals surface area contributed by atoms with Crippen LogP contribution >= 0.6 is 0 Å². The van der Waals surface area contributed by atoms with Crippen LogP contribution in [0.1, 0.15) is 28.7 Å². The van der Waals surface area contributed by atoms with Crippen LogP contribution in [0.25, 0.3) is 0 Å². The predicted octanol–water partition coefficient (Wildman–Crippen LogP) is 3.71. The van der Waals surface area contributed by atoms with Gasteiger partial charge in [0.1, 0.15) is 5.82 Å². The summed E-state index contributed by atoms with van der Waals surface area (Å²) in [7, 11) is 0. The smallest absolute Gasteiger partial charge is 0.340 e. The van der Waals surface area contributed by atoms with E-state index in [-0.39, 0.29) is 5.97 Å². The van der Waals surface area contributed by atoms with Crippen LogP contribution in [0.15, 0.2) is 54.7 Å². The summed E-state index contributed by atoms with van der Waals surface area (Å²) in [6, 6.07) is 14.7. The number of pyridine rings is 1. The molecule has 0 radical (unpaired) electrons. The minimum Gasteiger partial charge on any atom is -0.462 e. The fourth-order valence-corrected chi connectivity index (χ4v) is 2.50. The Morgan fingerprint density at radius 1 is 1.11 bits per heavy atom. The Kier molecular flexibility index (Phi) is 5.94. The number of aromatic nitrogens is 3. The monoisotopic (exact) mass is 363 g/mol. The molecule has 3 rings (SSSR count). The molecule has 0 aliphatic heterocycles. The van der Waals surface area contributed by atoms with E-state index in [1.54, 1.807) is 31.3 Å². The van der Waals surface area contributed by atoms with Gasteiger partial charge >= 0.3 is 5.97 Å². The standard InChI is InChI=1S/C20H21N5O2/c1-3-27-19(26)16-9-4-5-10-17(16)24-20-23-14(2)12-18(25-20)22-13-15-8-6-7-11-21-15/h4-12H,3,13H2,1-2H3,(H2,22,23,24,25). The molecule has 0 saturated carbocycles. The van der Waals surface area contributed by atoms with Crippen LogP contribution in [-0.4, -0.2) is 27.5 Å². The highest BCUT2D eigenvalue weighted by Gasteiger charge is 2.13. The van der Waals surface area contributed by atoms with Gasteiger partial charge in [0.05, 0.1) is 30.1 Å². The first-order valence-electron chi connectivity index (χ1n) is 8.68. The lowest BCUT2D eigenvalue weighted by Crippen LogP contribution is -2.10. The molecule has 0 bridgehead atoms. The minimum atomic E-state index is -0.387. The first kappa shape index (κ1) is 18.3. The molecule has 0 fully saturated rings. The molecule has 2 N–H and O–H groups in total. The number of carbonyl (C=O) groups is 1. The number of aryl methyl sites for hydroxylation is 1. The number of nitrogens with zero attached hydrogens (tertiary/aromatic N) is 3. The van der Waals surface area contributed by atoms with Crippen LogP contribution in [0.5, 0.6) is 0 Å². The van der Waals surface area contributed by atoms with Crippen LogP contribution in [0, 0.1) is 6.92 Å². The Morgan fingerprint density at radius 3 is 2.70 bits per heavy atom. The molecule has 2 heterocycles. The number of carbonyl (C=O) groups excluding carboxylic acids is 1. The topological polar surface area (TPSA) is 89.0 Å². The highest BCUT2D eigenvalue weighted by atomic mass is 16.5. The molecule has 0 aliphatic rings. The lowest BCUT2D eigenvalue weighted by molar-refractivity contribution is 0.0527. The summed E-state index contributed by atoms with van der Waals surface area (Å²) < 4.78 is 5.10. The van der Waals surface area contributed by atoms with Gasteiger partial charge < -0.3 is 15.4 Å². The molecule has 3 aromatic rings. The number of benzene rings is 1. The van der Waals surface area contributed by atoms with Gasteiger partial charge in [-0.15, -0.1) is 0 Å². The van der Waals surface area contributed by atoms with Gasteiger partial charge in [0.15, 0.2) is 0 Å². The van der Waals surface area contributed by atoms with E-state index in [4.69, 9.17) is 4.74 Å². The zero-order chi connectivity index (χ0) is 19.1. The molecule has 0 atom stereocenters. The Balaban J connectivity index is 1.78. The molecule has 0 unspecified atom stereocenters. The number of para-hydroxylation sites is 1. The molecular formula is C20H21N5O2. The van der Waals surface area contributed by atoms with Gasteiger partial charge in [0, 0.05) is 18.0 Å². The number of hydrogen-bond acceptors (Lipinski definition) is 7. The zero-order valence-corrected chi connectivity index (χ0v) is 15.3. The molecule has 7 nitrogen and oxygen atoms in total. The van der Waals surface area contributed by atoms with E-state index in [1.165, 1.54) is 0 Å². The predicted molar refractivity (Wildman–Crippen MR) is 104 cm³/mol. The van der Waals surface area contributed by atoms with Crippen molar-refractivity contribution in [1.29, 1.82) is 0 Å². The van der Waals surface area contributed by atoms with Crippen LogP contribution in [-0.2, 0) is 11.3 Å². The summed E-state index contributed by atoms with van der Waals surface area (Å²) in [5.41, 5.74) is 2.74. The quantitative estimate of drug-likeness (QED) is 0.619. The van der Waals surface area contributed by atoms with Crippen LogP contribution in [0.2, 0.25) is 0 Å². The highest BCUT2D eigenvalue weighted by Crippen LogP contribution is 2.21. The summed E-state index contributed by atoms with van der Waals surface area (Å²) in [6.07, 6.45) is 1.75. The molecular weight excluding hydrogens is 342 g/mol. The fraction of sp³-hybridized carbons (Fsp3) is 0.200.